The number of amidine groups is 2. The van der Waals surface area contributed by atoms with E-state index in [4.69, 9.17) is 17.0 Å². The summed E-state index contributed by atoms with van der Waals surface area (Å²) in [6.45, 7) is 5.92. The number of thioether (sulfide) groups is 1. The van der Waals surface area contributed by atoms with Crippen molar-refractivity contribution in [3.8, 4) is 5.69 Å². The molecule has 31 heavy (non-hydrogen) atoms. The highest BCUT2D eigenvalue weighted by Crippen LogP contribution is 2.31. The lowest BCUT2D eigenvalue weighted by molar-refractivity contribution is -0.114. The smallest absolute Gasteiger partial charge is 0.283 e. The van der Waals surface area contributed by atoms with Gasteiger partial charge in [-0.05, 0) is 74.4 Å². The van der Waals surface area contributed by atoms with Crippen LogP contribution in [-0.4, -0.2) is 31.5 Å². The summed E-state index contributed by atoms with van der Waals surface area (Å²) in [6.07, 6.45) is 4.51. The Bertz CT molecular complexity index is 1200. The zero-order chi connectivity index (χ0) is 22.3. The van der Waals surface area contributed by atoms with Crippen LogP contribution in [0.5, 0.6) is 0 Å². The molecule has 0 saturated carbocycles. The van der Waals surface area contributed by atoms with Crippen molar-refractivity contribution in [2.45, 2.75) is 40.0 Å². The molecule has 0 spiro atoms. The first-order chi connectivity index (χ1) is 14.8. The number of hydrogen-bond donors (Lipinski definition) is 1. The number of aliphatic imine (C=N–C) groups is 1. The Kier molecular flexibility index (Phi) is 5.85. The van der Waals surface area contributed by atoms with E-state index in [0.29, 0.717) is 5.17 Å². The molecular weight excluding hydrogens is 437 g/mol. The van der Waals surface area contributed by atoms with E-state index in [9.17, 15) is 9.18 Å². The van der Waals surface area contributed by atoms with Crippen LogP contribution in [0.15, 0.2) is 39.9 Å². The van der Waals surface area contributed by atoms with Crippen LogP contribution in [0.3, 0.4) is 0 Å². The SMILES string of the molecule is CCCCC1=NN2C(=N)/C(=C/c3cc(C)n(-c4ccc(F)c(Cl)c4)c3C)C(=O)N=C2S1. The third-order valence-electron chi connectivity index (χ3n) is 5.17. The third-order valence-corrected chi connectivity index (χ3v) is 6.43. The molecule has 0 radical (unpaired) electrons. The van der Waals surface area contributed by atoms with Gasteiger partial charge in [0, 0.05) is 17.1 Å². The van der Waals surface area contributed by atoms with Gasteiger partial charge in [-0.15, -0.1) is 0 Å². The van der Waals surface area contributed by atoms with Crippen molar-refractivity contribution < 1.29 is 9.18 Å². The molecule has 1 aromatic heterocycles. The Morgan fingerprint density at radius 3 is 2.77 bits per heavy atom. The van der Waals surface area contributed by atoms with Crippen molar-refractivity contribution in [1.29, 1.82) is 5.41 Å². The number of unbranched alkanes of at least 4 members (excludes halogenated alkanes) is 1. The van der Waals surface area contributed by atoms with Gasteiger partial charge in [0.25, 0.3) is 5.91 Å². The van der Waals surface area contributed by atoms with Crippen molar-refractivity contribution in [3.05, 3.63) is 57.6 Å². The van der Waals surface area contributed by atoms with Crippen LogP contribution in [0, 0.1) is 25.1 Å². The van der Waals surface area contributed by atoms with E-state index in [1.807, 2.05) is 24.5 Å². The molecule has 2 aliphatic rings. The number of aromatic nitrogens is 1. The van der Waals surface area contributed by atoms with Crippen LogP contribution in [0.1, 0.15) is 43.1 Å². The van der Waals surface area contributed by atoms with Crippen LogP contribution in [0.4, 0.5) is 4.39 Å². The number of nitrogens with one attached hydrogen (secondary N) is 1. The third kappa shape index (κ3) is 3.97. The second-order valence-electron chi connectivity index (χ2n) is 7.38. The molecule has 1 aromatic carbocycles. The molecule has 1 amide bonds. The molecule has 6 nitrogen and oxygen atoms in total. The van der Waals surface area contributed by atoms with Crippen molar-refractivity contribution in [2.75, 3.05) is 0 Å². The molecular formula is C22H21ClFN5OS. The Labute approximate surface area is 189 Å². The fourth-order valence-corrected chi connectivity index (χ4v) is 4.67. The monoisotopic (exact) mass is 457 g/mol. The number of nitrogens with zero attached hydrogens (tertiary/aromatic N) is 4. The summed E-state index contributed by atoms with van der Waals surface area (Å²) in [7, 11) is 0. The van der Waals surface area contributed by atoms with E-state index >= 15 is 0 Å². The van der Waals surface area contributed by atoms with E-state index in [2.05, 4.69) is 17.0 Å². The lowest BCUT2D eigenvalue weighted by Gasteiger charge is -2.20. The average Bonchev–Trinajstić information content (AvgIpc) is 3.26. The second kappa shape index (κ2) is 8.43. The molecule has 0 aliphatic carbocycles. The molecule has 0 fully saturated rings. The number of rotatable bonds is 5. The number of hydrazone groups is 1. The fourth-order valence-electron chi connectivity index (χ4n) is 3.57. The lowest BCUT2D eigenvalue weighted by Crippen LogP contribution is -2.35. The summed E-state index contributed by atoms with van der Waals surface area (Å²) in [5.74, 6) is -0.915. The summed E-state index contributed by atoms with van der Waals surface area (Å²) in [5, 5.41) is 15.8. The number of amides is 1. The van der Waals surface area contributed by atoms with Gasteiger partial charge in [-0.25, -0.2) is 4.39 Å². The van der Waals surface area contributed by atoms with Gasteiger partial charge in [-0.3, -0.25) is 10.2 Å². The van der Waals surface area contributed by atoms with Crippen molar-refractivity contribution >= 4 is 51.4 Å². The van der Waals surface area contributed by atoms with Crippen LogP contribution >= 0.6 is 23.4 Å². The zero-order valence-corrected chi connectivity index (χ0v) is 18.9. The van der Waals surface area contributed by atoms with Gasteiger partial charge >= 0.3 is 0 Å². The molecule has 160 valence electrons. The van der Waals surface area contributed by atoms with Gasteiger partial charge in [0.2, 0.25) is 5.17 Å². The minimum absolute atomic E-state index is 0.0172. The maximum Gasteiger partial charge on any atom is 0.283 e. The molecule has 9 heteroatoms. The largest absolute Gasteiger partial charge is 0.318 e. The van der Waals surface area contributed by atoms with Crippen molar-refractivity contribution in [2.24, 2.45) is 10.1 Å². The van der Waals surface area contributed by atoms with Crippen molar-refractivity contribution in [3.63, 3.8) is 0 Å². The lowest BCUT2D eigenvalue weighted by atomic mass is 10.1. The predicted octanol–water partition coefficient (Wildman–Crippen LogP) is 5.70. The van der Waals surface area contributed by atoms with Gasteiger partial charge in [0.05, 0.1) is 10.6 Å². The minimum Gasteiger partial charge on any atom is -0.318 e. The number of carbonyl (C=O) groups is 1. The van der Waals surface area contributed by atoms with E-state index in [-0.39, 0.29) is 16.4 Å². The maximum atomic E-state index is 13.6. The van der Waals surface area contributed by atoms with Crippen LogP contribution in [0.2, 0.25) is 5.02 Å². The molecule has 0 saturated heterocycles. The quantitative estimate of drug-likeness (QED) is 0.585. The topological polar surface area (TPSA) is 73.8 Å². The van der Waals surface area contributed by atoms with E-state index in [1.165, 1.54) is 22.8 Å². The maximum absolute atomic E-state index is 13.6. The minimum atomic E-state index is -0.479. The Hall–Kier alpha value is -2.71. The molecule has 4 rings (SSSR count). The molecule has 0 unspecified atom stereocenters. The molecule has 1 N–H and O–H groups in total. The van der Waals surface area contributed by atoms with Gasteiger partial charge in [0.15, 0.2) is 5.84 Å². The predicted molar refractivity (Wildman–Crippen MR) is 125 cm³/mol. The number of hydrogen-bond acceptors (Lipinski definition) is 4. The number of halogens is 2. The van der Waals surface area contributed by atoms with E-state index in [0.717, 1.165) is 46.9 Å². The average molecular weight is 458 g/mol. The number of fused-ring (bicyclic) bond motifs is 1. The fraction of sp³-hybridized carbons (Fsp3) is 0.273. The Morgan fingerprint density at radius 1 is 1.29 bits per heavy atom. The molecule has 0 bridgehead atoms. The van der Waals surface area contributed by atoms with E-state index in [1.54, 1.807) is 18.2 Å². The molecule has 3 heterocycles. The van der Waals surface area contributed by atoms with Gasteiger partial charge in [-0.2, -0.15) is 15.1 Å². The summed E-state index contributed by atoms with van der Waals surface area (Å²) in [6, 6.07) is 6.45. The Balaban J connectivity index is 1.69. The van der Waals surface area contributed by atoms with E-state index < -0.39 is 11.7 Å². The number of aryl methyl sites for hydroxylation is 1. The Morgan fingerprint density at radius 2 is 2.06 bits per heavy atom. The molecule has 0 atom stereocenters. The summed E-state index contributed by atoms with van der Waals surface area (Å²) < 4.78 is 15.5. The second-order valence-corrected chi connectivity index (χ2v) is 8.83. The zero-order valence-electron chi connectivity index (χ0n) is 17.4. The highest BCUT2D eigenvalue weighted by atomic mass is 35.5. The molecule has 2 aromatic rings. The first kappa shape index (κ1) is 21.5. The summed E-state index contributed by atoms with van der Waals surface area (Å²) in [4.78, 5) is 16.8. The normalized spacial score (nSPS) is 17.3. The van der Waals surface area contributed by atoms with Crippen LogP contribution in [0.25, 0.3) is 11.8 Å². The molecule has 2 aliphatic heterocycles. The summed E-state index contributed by atoms with van der Waals surface area (Å²) in [5.41, 5.74) is 3.40. The number of benzene rings is 1. The standard InChI is InChI=1S/C22H21ClFN5OS/c1-4-5-6-19-27-29-20(25)16(21(30)26-22(29)31-19)10-14-9-12(2)28(13(14)3)15-7-8-18(24)17(23)11-15/h7-11,25H,4-6H2,1-3H3/b16-10-,25-20?. The highest BCUT2D eigenvalue weighted by Gasteiger charge is 2.35. The number of carbonyl (C=O) groups excluding carboxylic acids is 1. The first-order valence-corrected chi connectivity index (χ1v) is 11.1. The highest BCUT2D eigenvalue weighted by molar-refractivity contribution is 8.26. The first-order valence-electron chi connectivity index (χ1n) is 9.93. The van der Waals surface area contributed by atoms with Gasteiger partial charge < -0.3 is 4.57 Å². The van der Waals surface area contributed by atoms with Crippen molar-refractivity contribution in [1.82, 2.24) is 9.58 Å². The van der Waals surface area contributed by atoms with Crippen LogP contribution in [-0.2, 0) is 4.79 Å². The van der Waals surface area contributed by atoms with Gasteiger partial charge in [-0.1, -0.05) is 24.9 Å². The van der Waals surface area contributed by atoms with Crippen LogP contribution < -0.4 is 0 Å². The van der Waals surface area contributed by atoms with Gasteiger partial charge in [0.1, 0.15) is 10.9 Å². The summed E-state index contributed by atoms with van der Waals surface area (Å²) >= 11 is 7.31.